The van der Waals surface area contributed by atoms with E-state index < -0.39 is 0 Å². The average Bonchev–Trinajstić information content (AvgIpc) is 2.48. The van der Waals surface area contributed by atoms with Gasteiger partial charge >= 0.3 is 0 Å². The van der Waals surface area contributed by atoms with E-state index in [4.69, 9.17) is 0 Å². The van der Waals surface area contributed by atoms with E-state index in [2.05, 4.69) is 23.5 Å². The predicted octanol–water partition coefficient (Wildman–Crippen LogP) is 4.19. The number of nitrogens with one attached hydrogen (secondary N) is 1. The maximum absolute atomic E-state index is 9.91. The van der Waals surface area contributed by atoms with Gasteiger partial charge in [-0.25, -0.2) is 0 Å². The Labute approximate surface area is 120 Å². The van der Waals surface area contributed by atoms with Crippen LogP contribution in [0.3, 0.4) is 0 Å². The molecule has 0 saturated carbocycles. The number of fused-ring (bicyclic) bond motifs is 1. The molecule has 0 amide bonds. The standard InChI is InChI=1S/C18H21NO/c1-13-9-10-18(20)15(11-13)12-19-17-8-4-6-14-5-2-3-7-16(14)17/h4,6,8-11,19-20H,2-3,5,7,12H2,1H3. The molecule has 20 heavy (non-hydrogen) atoms. The van der Waals surface area contributed by atoms with E-state index in [1.807, 2.05) is 19.1 Å². The summed E-state index contributed by atoms with van der Waals surface area (Å²) in [4.78, 5) is 0. The first-order valence-electron chi connectivity index (χ1n) is 7.37. The van der Waals surface area contributed by atoms with Crippen molar-refractivity contribution in [2.24, 2.45) is 0 Å². The van der Waals surface area contributed by atoms with Gasteiger partial charge in [0.2, 0.25) is 0 Å². The van der Waals surface area contributed by atoms with E-state index in [-0.39, 0.29) is 0 Å². The zero-order valence-corrected chi connectivity index (χ0v) is 11.9. The second-order valence-electron chi connectivity index (χ2n) is 5.64. The van der Waals surface area contributed by atoms with Crippen molar-refractivity contribution in [1.82, 2.24) is 0 Å². The first-order valence-corrected chi connectivity index (χ1v) is 7.37. The van der Waals surface area contributed by atoms with Crippen molar-refractivity contribution < 1.29 is 5.11 Å². The van der Waals surface area contributed by atoms with E-state index in [9.17, 15) is 5.11 Å². The molecule has 0 atom stereocenters. The molecule has 0 aliphatic heterocycles. The predicted molar refractivity (Wildman–Crippen MR) is 83.3 cm³/mol. The summed E-state index contributed by atoms with van der Waals surface area (Å²) < 4.78 is 0. The molecular formula is C18H21NO. The summed E-state index contributed by atoms with van der Waals surface area (Å²) in [6.07, 6.45) is 4.94. The minimum Gasteiger partial charge on any atom is -0.508 e. The molecule has 2 aromatic rings. The Morgan fingerprint density at radius 3 is 2.85 bits per heavy atom. The normalized spacial score (nSPS) is 13.8. The van der Waals surface area contributed by atoms with Crippen LogP contribution < -0.4 is 5.32 Å². The highest BCUT2D eigenvalue weighted by atomic mass is 16.3. The highest BCUT2D eigenvalue weighted by Gasteiger charge is 2.12. The number of benzene rings is 2. The van der Waals surface area contributed by atoms with Gasteiger partial charge in [0.15, 0.2) is 0 Å². The summed E-state index contributed by atoms with van der Waals surface area (Å²) in [7, 11) is 0. The van der Waals surface area contributed by atoms with E-state index in [0.717, 1.165) is 12.0 Å². The second-order valence-corrected chi connectivity index (χ2v) is 5.64. The molecule has 0 saturated heterocycles. The van der Waals surface area contributed by atoms with Crippen molar-refractivity contribution in [2.45, 2.75) is 39.2 Å². The Kier molecular flexibility index (Phi) is 3.64. The van der Waals surface area contributed by atoms with E-state index in [0.29, 0.717) is 12.3 Å². The summed E-state index contributed by atoms with van der Waals surface area (Å²) in [5.74, 6) is 0.368. The lowest BCUT2D eigenvalue weighted by Gasteiger charge is -2.20. The van der Waals surface area contributed by atoms with Crippen molar-refractivity contribution in [1.29, 1.82) is 0 Å². The van der Waals surface area contributed by atoms with Crippen LogP contribution in [0.2, 0.25) is 0 Å². The third kappa shape index (κ3) is 2.64. The van der Waals surface area contributed by atoms with Crippen molar-refractivity contribution in [3.63, 3.8) is 0 Å². The maximum Gasteiger partial charge on any atom is 0.120 e. The molecule has 1 aliphatic rings. The van der Waals surface area contributed by atoms with Gasteiger partial charge in [0.05, 0.1) is 0 Å². The minimum atomic E-state index is 0.368. The maximum atomic E-state index is 9.91. The van der Waals surface area contributed by atoms with Gasteiger partial charge in [-0.3, -0.25) is 0 Å². The summed E-state index contributed by atoms with van der Waals surface area (Å²) >= 11 is 0. The molecular weight excluding hydrogens is 246 g/mol. The Balaban J connectivity index is 1.80. The molecule has 0 unspecified atom stereocenters. The molecule has 104 valence electrons. The molecule has 2 nitrogen and oxygen atoms in total. The third-order valence-corrected chi connectivity index (χ3v) is 4.10. The van der Waals surface area contributed by atoms with Gasteiger partial charge in [-0.1, -0.05) is 29.8 Å². The lowest BCUT2D eigenvalue weighted by molar-refractivity contribution is 0.469. The Hall–Kier alpha value is -1.96. The molecule has 2 heteroatoms. The van der Waals surface area contributed by atoms with Gasteiger partial charge in [-0.2, -0.15) is 0 Å². The minimum absolute atomic E-state index is 0.368. The summed E-state index contributed by atoms with van der Waals surface area (Å²) in [6.45, 7) is 2.72. The van der Waals surface area contributed by atoms with Crippen LogP contribution in [0, 0.1) is 6.92 Å². The van der Waals surface area contributed by atoms with Crippen LogP contribution in [0.5, 0.6) is 5.75 Å². The number of aryl methyl sites for hydroxylation is 2. The number of hydrogen-bond donors (Lipinski definition) is 2. The molecule has 3 rings (SSSR count). The van der Waals surface area contributed by atoms with Gasteiger partial charge in [0, 0.05) is 17.8 Å². The second kappa shape index (κ2) is 5.58. The van der Waals surface area contributed by atoms with E-state index in [1.165, 1.54) is 41.6 Å². The average molecular weight is 267 g/mol. The molecule has 2 N–H and O–H groups in total. The van der Waals surface area contributed by atoms with Gasteiger partial charge in [0.1, 0.15) is 5.75 Å². The number of phenolic OH excluding ortho intramolecular Hbond substituents is 1. The molecule has 1 aliphatic carbocycles. The smallest absolute Gasteiger partial charge is 0.120 e. The molecule has 0 aromatic heterocycles. The fourth-order valence-corrected chi connectivity index (χ4v) is 2.99. The van der Waals surface area contributed by atoms with E-state index in [1.54, 1.807) is 6.07 Å². The summed E-state index contributed by atoms with van der Waals surface area (Å²) in [5.41, 5.74) is 6.30. The highest BCUT2D eigenvalue weighted by molar-refractivity contribution is 5.56. The Morgan fingerprint density at radius 2 is 1.95 bits per heavy atom. The molecule has 0 bridgehead atoms. The first kappa shape index (κ1) is 13.0. The SMILES string of the molecule is Cc1ccc(O)c(CNc2cccc3c2CCCC3)c1. The molecule has 0 heterocycles. The van der Waals surface area contributed by atoms with Gasteiger partial charge in [-0.05, 0) is 55.9 Å². The largest absolute Gasteiger partial charge is 0.508 e. The molecule has 0 spiro atoms. The lowest BCUT2D eigenvalue weighted by atomic mass is 9.90. The lowest BCUT2D eigenvalue weighted by Crippen LogP contribution is -2.08. The van der Waals surface area contributed by atoms with Crippen molar-refractivity contribution in [3.8, 4) is 5.75 Å². The van der Waals surface area contributed by atoms with Crippen molar-refractivity contribution in [2.75, 3.05) is 5.32 Å². The Bertz CT molecular complexity index is 619. The topological polar surface area (TPSA) is 32.3 Å². The zero-order valence-electron chi connectivity index (χ0n) is 11.9. The number of hydrogen-bond acceptors (Lipinski definition) is 2. The molecule has 0 radical (unpaired) electrons. The number of anilines is 1. The number of aromatic hydroxyl groups is 1. The quantitative estimate of drug-likeness (QED) is 0.874. The third-order valence-electron chi connectivity index (χ3n) is 4.10. The first-order chi connectivity index (χ1) is 9.74. The fourth-order valence-electron chi connectivity index (χ4n) is 2.99. The van der Waals surface area contributed by atoms with Gasteiger partial charge < -0.3 is 10.4 Å². The van der Waals surface area contributed by atoms with Crippen molar-refractivity contribution >= 4 is 5.69 Å². The summed E-state index contributed by atoms with van der Waals surface area (Å²) in [5, 5.41) is 13.4. The van der Waals surface area contributed by atoms with Crippen LogP contribution in [0.1, 0.15) is 35.1 Å². The summed E-state index contributed by atoms with van der Waals surface area (Å²) in [6, 6.07) is 12.3. The number of phenols is 1. The van der Waals surface area contributed by atoms with Gasteiger partial charge in [-0.15, -0.1) is 0 Å². The van der Waals surface area contributed by atoms with Crippen LogP contribution in [-0.2, 0) is 19.4 Å². The van der Waals surface area contributed by atoms with Crippen LogP contribution in [0.4, 0.5) is 5.69 Å². The van der Waals surface area contributed by atoms with Crippen LogP contribution in [-0.4, -0.2) is 5.11 Å². The van der Waals surface area contributed by atoms with E-state index >= 15 is 0 Å². The molecule has 0 fully saturated rings. The monoisotopic (exact) mass is 267 g/mol. The molecule has 2 aromatic carbocycles. The van der Waals surface area contributed by atoms with Crippen molar-refractivity contribution in [3.05, 3.63) is 58.7 Å². The highest BCUT2D eigenvalue weighted by Crippen LogP contribution is 2.29. The van der Waals surface area contributed by atoms with Gasteiger partial charge in [0.25, 0.3) is 0 Å². The van der Waals surface area contributed by atoms with Crippen LogP contribution in [0.25, 0.3) is 0 Å². The zero-order chi connectivity index (χ0) is 13.9. The number of rotatable bonds is 3. The Morgan fingerprint density at radius 1 is 1.10 bits per heavy atom. The van der Waals surface area contributed by atoms with Crippen LogP contribution >= 0.6 is 0 Å². The fraction of sp³-hybridized carbons (Fsp3) is 0.333. The van der Waals surface area contributed by atoms with Crippen LogP contribution in [0.15, 0.2) is 36.4 Å².